The van der Waals surface area contributed by atoms with Gasteiger partial charge in [-0.25, -0.2) is 4.98 Å². The summed E-state index contributed by atoms with van der Waals surface area (Å²) >= 11 is 0. The van der Waals surface area contributed by atoms with Gasteiger partial charge < -0.3 is 5.73 Å². The molecule has 21 heavy (non-hydrogen) atoms. The molecule has 6 heteroatoms. The molecule has 0 fully saturated rings. The van der Waals surface area contributed by atoms with Gasteiger partial charge in [0, 0.05) is 37.3 Å². The largest absolute Gasteiger partial charge is 0.383 e. The lowest BCUT2D eigenvalue weighted by Gasteiger charge is -2.31. The maximum absolute atomic E-state index is 6.29. The van der Waals surface area contributed by atoms with Gasteiger partial charge in [-0.15, -0.1) is 12.4 Å². The maximum Gasteiger partial charge on any atom is 0.155 e. The van der Waals surface area contributed by atoms with Crippen LogP contribution in [-0.2, 0) is 13.0 Å². The highest BCUT2D eigenvalue weighted by molar-refractivity contribution is 5.85. The van der Waals surface area contributed by atoms with Crippen LogP contribution in [0.15, 0.2) is 24.4 Å². The van der Waals surface area contributed by atoms with E-state index in [9.17, 15) is 0 Å². The first kappa shape index (κ1) is 15.8. The van der Waals surface area contributed by atoms with E-state index < -0.39 is 0 Å². The summed E-state index contributed by atoms with van der Waals surface area (Å²) in [6, 6.07) is 6.36. The predicted octanol–water partition coefficient (Wildman–Crippen LogP) is 2.43. The summed E-state index contributed by atoms with van der Waals surface area (Å²) in [6.45, 7) is 6.44. The molecule has 0 saturated carbocycles. The second-order valence-electron chi connectivity index (χ2n) is 5.39. The first-order chi connectivity index (χ1) is 9.70. The van der Waals surface area contributed by atoms with E-state index in [1.807, 2.05) is 18.2 Å². The van der Waals surface area contributed by atoms with E-state index >= 15 is 0 Å². The SMILES string of the molecule is CCC(C)N1CCc2nn(-c3ccccn3)c(N)c2C1.Cl. The van der Waals surface area contributed by atoms with Gasteiger partial charge in [0.05, 0.1) is 5.69 Å². The number of pyridine rings is 1. The van der Waals surface area contributed by atoms with Gasteiger partial charge in [-0.1, -0.05) is 13.0 Å². The Morgan fingerprint density at radius 2 is 2.19 bits per heavy atom. The number of halogens is 1. The molecule has 114 valence electrons. The number of hydrogen-bond donors (Lipinski definition) is 1. The lowest BCUT2D eigenvalue weighted by Crippen LogP contribution is -2.37. The fraction of sp³-hybridized carbons (Fsp3) is 0.467. The molecule has 1 aliphatic heterocycles. The van der Waals surface area contributed by atoms with Gasteiger partial charge in [0.25, 0.3) is 0 Å². The molecule has 0 aromatic carbocycles. The van der Waals surface area contributed by atoms with Crippen molar-refractivity contribution in [3.05, 3.63) is 35.7 Å². The van der Waals surface area contributed by atoms with Crippen molar-refractivity contribution in [1.82, 2.24) is 19.7 Å². The van der Waals surface area contributed by atoms with Gasteiger partial charge in [-0.05, 0) is 25.5 Å². The second-order valence-corrected chi connectivity index (χ2v) is 5.39. The Labute approximate surface area is 131 Å². The van der Waals surface area contributed by atoms with Crippen LogP contribution >= 0.6 is 12.4 Å². The van der Waals surface area contributed by atoms with Crippen LogP contribution in [0.25, 0.3) is 5.82 Å². The molecular formula is C15H22ClN5. The summed E-state index contributed by atoms with van der Waals surface area (Å²) in [5.41, 5.74) is 8.58. The third kappa shape index (κ3) is 2.89. The summed E-state index contributed by atoms with van der Waals surface area (Å²) < 4.78 is 1.77. The lowest BCUT2D eigenvalue weighted by atomic mass is 10.0. The Bertz CT molecular complexity index is 596. The van der Waals surface area contributed by atoms with Crippen LogP contribution in [0.1, 0.15) is 31.5 Å². The average molecular weight is 308 g/mol. The summed E-state index contributed by atoms with van der Waals surface area (Å²) in [5, 5.41) is 4.64. The predicted molar refractivity (Wildman–Crippen MR) is 86.9 cm³/mol. The van der Waals surface area contributed by atoms with Crippen LogP contribution in [0.4, 0.5) is 5.82 Å². The van der Waals surface area contributed by atoms with E-state index in [0.29, 0.717) is 6.04 Å². The molecule has 2 N–H and O–H groups in total. The standard InChI is InChI=1S/C15H21N5.ClH/c1-3-11(2)19-9-7-13-12(10-19)15(16)20(18-13)14-6-4-5-8-17-14;/h4-6,8,11H,3,7,9-10,16H2,1-2H3;1H. The van der Waals surface area contributed by atoms with Gasteiger partial charge in [0.15, 0.2) is 5.82 Å². The van der Waals surface area contributed by atoms with Crippen molar-refractivity contribution in [3.8, 4) is 5.82 Å². The summed E-state index contributed by atoms with van der Waals surface area (Å²) in [5.74, 6) is 1.51. The Morgan fingerprint density at radius 1 is 1.38 bits per heavy atom. The van der Waals surface area contributed by atoms with Crippen molar-refractivity contribution < 1.29 is 0 Å². The molecule has 0 bridgehead atoms. The van der Waals surface area contributed by atoms with Crippen molar-refractivity contribution in [2.45, 2.75) is 39.3 Å². The van der Waals surface area contributed by atoms with Crippen molar-refractivity contribution in [1.29, 1.82) is 0 Å². The minimum atomic E-state index is 0. The molecule has 0 saturated heterocycles. The van der Waals surface area contributed by atoms with Gasteiger partial charge in [-0.2, -0.15) is 9.78 Å². The van der Waals surface area contributed by atoms with Crippen molar-refractivity contribution in [2.24, 2.45) is 0 Å². The summed E-state index contributed by atoms with van der Waals surface area (Å²) in [6.07, 6.45) is 3.88. The topological polar surface area (TPSA) is 60.0 Å². The molecule has 3 heterocycles. The highest BCUT2D eigenvalue weighted by Gasteiger charge is 2.26. The molecule has 0 spiro atoms. The number of nitrogens with two attached hydrogens (primary N) is 1. The van der Waals surface area contributed by atoms with Crippen LogP contribution in [0.2, 0.25) is 0 Å². The Balaban J connectivity index is 0.00000161. The number of rotatable bonds is 3. The van der Waals surface area contributed by atoms with Crippen LogP contribution in [-0.4, -0.2) is 32.3 Å². The van der Waals surface area contributed by atoms with E-state index in [0.717, 1.165) is 43.3 Å². The number of fused-ring (bicyclic) bond motifs is 1. The van der Waals surface area contributed by atoms with E-state index in [1.165, 1.54) is 5.56 Å². The van der Waals surface area contributed by atoms with Gasteiger partial charge in [0.1, 0.15) is 5.82 Å². The number of aromatic nitrogens is 3. The normalized spacial score (nSPS) is 16.1. The average Bonchev–Trinajstić information content (AvgIpc) is 2.84. The number of hydrogen-bond acceptors (Lipinski definition) is 4. The van der Waals surface area contributed by atoms with Crippen LogP contribution in [0.3, 0.4) is 0 Å². The first-order valence-corrected chi connectivity index (χ1v) is 7.22. The minimum Gasteiger partial charge on any atom is -0.383 e. The fourth-order valence-corrected chi connectivity index (χ4v) is 2.70. The zero-order valence-corrected chi connectivity index (χ0v) is 13.3. The first-order valence-electron chi connectivity index (χ1n) is 7.22. The molecule has 5 nitrogen and oxygen atoms in total. The highest BCUT2D eigenvalue weighted by Crippen LogP contribution is 2.27. The Morgan fingerprint density at radius 3 is 2.86 bits per heavy atom. The van der Waals surface area contributed by atoms with Crippen LogP contribution in [0, 0.1) is 0 Å². The molecule has 1 unspecified atom stereocenters. The van der Waals surface area contributed by atoms with E-state index in [1.54, 1.807) is 10.9 Å². The van der Waals surface area contributed by atoms with Crippen LogP contribution < -0.4 is 5.73 Å². The quantitative estimate of drug-likeness (QED) is 0.946. The summed E-state index contributed by atoms with van der Waals surface area (Å²) in [7, 11) is 0. The van der Waals surface area contributed by atoms with Crippen LogP contribution in [0.5, 0.6) is 0 Å². The zero-order valence-electron chi connectivity index (χ0n) is 12.5. The van der Waals surface area contributed by atoms with E-state index in [2.05, 4.69) is 28.8 Å². The molecule has 0 radical (unpaired) electrons. The van der Waals surface area contributed by atoms with Gasteiger partial charge in [0.2, 0.25) is 0 Å². The van der Waals surface area contributed by atoms with Crippen molar-refractivity contribution >= 4 is 18.2 Å². The third-order valence-corrected chi connectivity index (χ3v) is 4.18. The fourth-order valence-electron chi connectivity index (χ4n) is 2.70. The minimum absolute atomic E-state index is 0. The van der Waals surface area contributed by atoms with E-state index in [4.69, 9.17) is 5.73 Å². The molecule has 2 aromatic rings. The molecule has 2 aromatic heterocycles. The molecular weight excluding hydrogens is 286 g/mol. The molecule has 0 aliphatic carbocycles. The van der Waals surface area contributed by atoms with E-state index in [-0.39, 0.29) is 12.4 Å². The number of nitrogens with zero attached hydrogens (tertiary/aromatic N) is 4. The zero-order chi connectivity index (χ0) is 14.1. The third-order valence-electron chi connectivity index (χ3n) is 4.18. The molecule has 1 atom stereocenters. The lowest BCUT2D eigenvalue weighted by molar-refractivity contribution is 0.186. The second kappa shape index (κ2) is 6.45. The monoisotopic (exact) mass is 307 g/mol. The highest BCUT2D eigenvalue weighted by atomic mass is 35.5. The summed E-state index contributed by atoms with van der Waals surface area (Å²) in [4.78, 5) is 6.81. The Hall–Kier alpha value is -1.59. The van der Waals surface area contributed by atoms with Gasteiger partial charge >= 0.3 is 0 Å². The number of anilines is 1. The van der Waals surface area contributed by atoms with Gasteiger partial charge in [-0.3, -0.25) is 4.90 Å². The Kier molecular flexibility index (Phi) is 4.85. The van der Waals surface area contributed by atoms with Crippen molar-refractivity contribution in [2.75, 3.05) is 12.3 Å². The maximum atomic E-state index is 6.29. The molecule has 0 amide bonds. The molecule has 3 rings (SSSR count). The smallest absolute Gasteiger partial charge is 0.155 e. The number of nitrogen functional groups attached to an aromatic ring is 1. The molecule has 1 aliphatic rings. The van der Waals surface area contributed by atoms with Crippen molar-refractivity contribution in [3.63, 3.8) is 0 Å².